The second-order valence-corrected chi connectivity index (χ2v) is 10.3. The molecule has 1 aromatic carbocycles. The molecule has 0 amide bonds. The van der Waals surface area contributed by atoms with Crippen molar-refractivity contribution in [3.8, 4) is 17.5 Å². The summed E-state index contributed by atoms with van der Waals surface area (Å²) in [5, 5.41) is 14.4. The van der Waals surface area contributed by atoms with Gasteiger partial charge in [-0.25, -0.2) is 4.68 Å². The second kappa shape index (κ2) is 11.4. The van der Waals surface area contributed by atoms with Crippen LogP contribution in [0.3, 0.4) is 0 Å². The van der Waals surface area contributed by atoms with Gasteiger partial charge in [-0.1, -0.05) is 6.07 Å². The van der Waals surface area contributed by atoms with E-state index in [0.29, 0.717) is 23.0 Å². The molecule has 3 heterocycles. The van der Waals surface area contributed by atoms with Crippen molar-refractivity contribution in [3.05, 3.63) is 71.3 Å². The number of halogens is 3. The molecule has 0 atom stereocenters. The number of nitrogens with zero attached hydrogens (tertiary/aromatic N) is 5. The van der Waals surface area contributed by atoms with E-state index in [1.807, 2.05) is 12.1 Å². The Morgan fingerprint density at radius 2 is 1.82 bits per heavy atom. The van der Waals surface area contributed by atoms with Crippen molar-refractivity contribution < 1.29 is 27.4 Å². The van der Waals surface area contributed by atoms with E-state index < -0.39 is 11.8 Å². The number of ketones is 1. The molecule has 210 valence electrons. The minimum absolute atomic E-state index is 0.108. The van der Waals surface area contributed by atoms with Gasteiger partial charge in [0.05, 0.1) is 53.5 Å². The number of ether oxygens (including phenoxy) is 2. The predicted molar refractivity (Wildman–Crippen MR) is 139 cm³/mol. The minimum Gasteiger partial charge on any atom is -0.406 e. The van der Waals surface area contributed by atoms with E-state index in [4.69, 9.17) is 4.74 Å². The first-order valence-electron chi connectivity index (χ1n) is 13.3. The van der Waals surface area contributed by atoms with Gasteiger partial charge in [-0.05, 0) is 68.5 Å². The maximum absolute atomic E-state index is 13.1. The molecule has 5 rings (SSSR count). The highest BCUT2D eigenvalue weighted by molar-refractivity contribution is 5.98. The van der Waals surface area contributed by atoms with E-state index >= 15 is 0 Å². The Morgan fingerprint density at radius 1 is 1.12 bits per heavy atom. The van der Waals surface area contributed by atoms with Gasteiger partial charge in [0, 0.05) is 31.7 Å². The van der Waals surface area contributed by atoms with Gasteiger partial charge in [-0.15, -0.1) is 13.2 Å². The van der Waals surface area contributed by atoms with Gasteiger partial charge >= 0.3 is 6.36 Å². The van der Waals surface area contributed by atoms with Crippen LogP contribution in [0.5, 0.6) is 5.75 Å². The molecule has 0 spiro atoms. The summed E-state index contributed by atoms with van der Waals surface area (Å²) in [7, 11) is 0. The number of hydrogen-bond acceptors (Lipinski definition) is 7. The fraction of sp³-hybridized carbons (Fsp3) is 0.448. The van der Waals surface area contributed by atoms with Crippen LogP contribution in [0.15, 0.2) is 48.8 Å². The third kappa shape index (κ3) is 6.03. The number of Topliss-reactive ketones (excluding diaryl/α,β-unsaturated/α-hetero) is 1. The lowest BCUT2D eigenvalue weighted by molar-refractivity contribution is -0.274. The quantitative estimate of drug-likeness (QED) is 0.383. The highest BCUT2D eigenvalue weighted by atomic mass is 19.4. The van der Waals surface area contributed by atoms with Crippen molar-refractivity contribution in [1.29, 1.82) is 5.26 Å². The first-order valence-corrected chi connectivity index (χ1v) is 13.3. The van der Waals surface area contributed by atoms with Crippen LogP contribution in [-0.2, 0) is 16.6 Å². The molecular formula is C29H30F3N5O3. The molecule has 0 bridgehead atoms. The molecule has 1 aliphatic heterocycles. The van der Waals surface area contributed by atoms with Crippen molar-refractivity contribution in [2.24, 2.45) is 0 Å². The first kappa shape index (κ1) is 27.8. The van der Waals surface area contributed by atoms with Gasteiger partial charge in [-0.3, -0.25) is 14.7 Å². The summed E-state index contributed by atoms with van der Waals surface area (Å²) in [6.07, 6.45) is 1.84. The molecule has 8 nitrogen and oxygen atoms in total. The van der Waals surface area contributed by atoms with Crippen molar-refractivity contribution in [1.82, 2.24) is 19.7 Å². The monoisotopic (exact) mass is 553 g/mol. The summed E-state index contributed by atoms with van der Waals surface area (Å²) in [5.41, 5.74) is 2.33. The lowest BCUT2D eigenvalue weighted by atomic mass is 9.71. The number of hydrogen-bond donors (Lipinski definition) is 0. The third-order valence-electron chi connectivity index (χ3n) is 7.89. The number of morpholine rings is 1. The summed E-state index contributed by atoms with van der Waals surface area (Å²) in [4.78, 5) is 20.2. The van der Waals surface area contributed by atoms with E-state index in [9.17, 15) is 23.2 Å². The number of rotatable bonds is 7. The molecule has 0 radical (unpaired) electrons. The van der Waals surface area contributed by atoms with E-state index in [1.54, 1.807) is 13.1 Å². The number of aromatic nitrogens is 3. The van der Waals surface area contributed by atoms with Crippen molar-refractivity contribution in [2.45, 2.75) is 56.8 Å². The fourth-order valence-electron chi connectivity index (χ4n) is 5.65. The molecule has 1 saturated heterocycles. The van der Waals surface area contributed by atoms with E-state index in [1.165, 1.54) is 35.1 Å². The molecule has 40 heavy (non-hydrogen) atoms. The Bertz CT molecular complexity index is 1370. The lowest BCUT2D eigenvalue weighted by Crippen LogP contribution is -2.47. The van der Waals surface area contributed by atoms with Gasteiger partial charge in [0.2, 0.25) is 0 Å². The Labute approximate surface area is 230 Å². The number of pyridine rings is 1. The molecule has 3 aromatic rings. The van der Waals surface area contributed by atoms with Gasteiger partial charge in [0.1, 0.15) is 5.75 Å². The van der Waals surface area contributed by atoms with Crippen LogP contribution < -0.4 is 4.74 Å². The zero-order valence-electron chi connectivity index (χ0n) is 22.2. The molecule has 0 N–H and O–H groups in total. The third-order valence-corrected chi connectivity index (χ3v) is 7.89. The van der Waals surface area contributed by atoms with Crippen LogP contribution in [0.25, 0.3) is 5.69 Å². The number of carbonyl (C=O) groups is 1. The average Bonchev–Trinajstić information content (AvgIpc) is 3.35. The second-order valence-electron chi connectivity index (χ2n) is 10.3. The number of nitriles is 1. The molecule has 2 fully saturated rings. The Kier molecular flexibility index (Phi) is 7.92. The van der Waals surface area contributed by atoms with Crippen molar-refractivity contribution in [3.63, 3.8) is 0 Å². The van der Waals surface area contributed by atoms with E-state index in [-0.39, 0.29) is 18.0 Å². The van der Waals surface area contributed by atoms with Crippen LogP contribution >= 0.6 is 0 Å². The number of benzene rings is 1. The highest BCUT2D eigenvalue weighted by Crippen LogP contribution is 2.39. The van der Waals surface area contributed by atoms with Crippen molar-refractivity contribution >= 4 is 5.78 Å². The summed E-state index contributed by atoms with van der Waals surface area (Å²) < 4.78 is 48.2. The number of carbonyl (C=O) groups excluding carboxylic acids is 1. The average molecular weight is 554 g/mol. The van der Waals surface area contributed by atoms with E-state index in [2.05, 4.69) is 25.8 Å². The van der Waals surface area contributed by atoms with Crippen LogP contribution in [-0.4, -0.2) is 64.2 Å². The molecular weight excluding hydrogens is 523 g/mol. The largest absolute Gasteiger partial charge is 0.573 e. The fourth-order valence-corrected chi connectivity index (χ4v) is 5.65. The van der Waals surface area contributed by atoms with Crippen LogP contribution in [0.4, 0.5) is 13.2 Å². The topological polar surface area (TPSA) is 93.3 Å². The molecule has 1 saturated carbocycles. The molecule has 11 heteroatoms. The standard InChI is InChI=1S/C29H30F3N5O3/c1-20-25(18-35-37(20)23-3-5-24(6-4-23)40-29(30,31)32)26(38)16-21-2-7-27(34-17-21)28(19-33)10-8-22(9-11-28)36-12-14-39-15-13-36/h2-7,17-18,22H,8-16H2,1H3. The van der Waals surface area contributed by atoms with Gasteiger partial charge < -0.3 is 9.47 Å². The molecule has 2 aliphatic rings. The normalized spacial score (nSPS) is 22.0. The Hall–Kier alpha value is -3.75. The first-order chi connectivity index (χ1) is 19.2. The maximum Gasteiger partial charge on any atom is 0.573 e. The van der Waals surface area contributed by atoms with Crippen molar-refractivity contribution in [2.75, 3.05) is 26.3 Å². The SMILES string of the molecule is Cc1c(C(=O)Cc2ccc(C3(C#N)CCC(N4CCOCC4)CC3)nc2)cnn1-c1ccc(OC(F)(F)F)cc1. The molecule has 2 aromatic heterocycles. The number of alkyl halides is 3. The molecule has 1 aliphatic carbocycles. The summed E-state index contributed by atoms with van der Waals surface area (Å²) >= 11 is 0. The van der Waals surface area contributed by atoms with Crippen LogP contribution in [0.1, 0.15) is 53.0 Å². The smallest absolute Gasteiger partial charge is 0.406 e. The zero-order chi connectivity index (χ0) is 28.3. The predicted octanol–water partition coefficient (Wildman–Crippen LogP) is 4.94. The summed E-state index contributed by atoms with van der Waals surface area (Å²) in [6, 6.07) is 12.0. The van der Waals surface area contributed by atoms with Gasteiger partial charge in [0.25, 0.3) is 0 Å². The summed E-state index contributed by atoms with van der Waals surface area (Å²) in [5.74, 6) is -0.493. The van der Waals surface area contributed by atoms with E-state index in [0.717, 1.165) is 63.2 Å². The lowest BCUT2D eigenvalue weighted by Gasteiger charge is -2.41. The molecule has 0 unspecified atom stereocenters. The van der Waals surface area contributed by atoms with Crippen LogP contribution in [0.2, 0.25) is 0 Å². The van der Waals surface area contributed by atoms with Gasteiger partial charge in [-0.2, -0.15) is 10.4 Å². The summed E-state index contributed by atoms with van der Waals surface area (Å²) in [6.45, 7) is 5.12. The Morgan fingerprint density at radius 3 is 2.42 bits per heavy atom. The zero-order valence-corrected chi connectivity index (χ0v) is 22.2. The minimum atomic E-state index is -4.77. The van der Waals surface area contributed by atoms with Gasteiger partial charge in [0.15, 0.2) is 5.78 Å². The van der Waals surface area contributed by atoms with Crippen LogP contribution in [0, 0.1) is 18.3 Å². The Balaban J connectivity index is 1.22. The highest BCUT2D eigenvalue weighted by Gasteiger charge is 2.40. The maximum atomic E-state index is 13.1.